The van der Waals surface area contributed by atoms with Gasteiger partial charge >= 0.3 is 0 Å². The van der Waals surface area contributed by atoms with E-state index in [-0.39, 0.29) is 11.2 Å². The molecule has 2 nitrogen and oxygen atoms in total. The molecule has 1 N–H and O–H groups in total. The van der Waals surface area contributed by atoms with Crippen molar-refractivity contribution in [2.24, 2.45) is 0 Å². The van der Waals surface area contributed by atoms with Gasteiger partial charge in [-0.05, 0) is 48.4 Å². The van der Waals surface area contributed by atoms with E-state index in [2.05, 4.69) is 21.2 Å². The number of rotatable bonds is 5. The Hall–Kier alpha value is -1.39. The van der Waals surface area contributed by atoms with Crippen LogP contribution < -0.4 is 10.1 Å². The number of hydrogen-bond donors (Lipinski definition) is 1. The molecule has 2 aromatic rings. The molecule has 1 saturated heterocycles. The van der Waals surface area contributed by atoms with E-state index in [0.29, 0.717) is 6.61 Å². The first-order valence-corrected chi connectivity index (χ1v) is 7.82. The minimum atomic E-state index is -0.174. The molecule has 0 unspecified atom stereocenters. The average molecular weight is 350 g/mol. The summed E-state index contributed by atoms with van der Waals surface area (Å²) in [5.74, 6) is 0.687. The Bertz CT molecular complexity index is 610. The molecular weight excluding hydrogens is 333 g/mol. The number of hydrogen-bond acceptors (Lipinski definition) is 2. The van der Waals surface area contributed by atoms with Gasteiger partial charge in [0, 0.05) is 23.0 Å². The van der Waals surface area contributed by atoms with Crippen LogP contribution in [-0.2, 0) is 5.41 Å². The summed E-state index contributed by atoms with van der Waals surface area (Å²) >= 11 is 3.40. The highest BCUT2D eigenvalue weighted by Gasteiger charge is 2.38. The summed E-state index contributed by atoms with van der Waals surface area (Å²) in [5.41, 5.74) is 1.05. The van der Waals surface area contributed by atoms with Gasteiger partial charge in [0.15, 0.2) is 0 Å². The van der Waals surface area contributed by atoms with E-state index in [4.69, 9.17) is 4.74 Å². The third-order valence-corrected chi connectivity index (χ3v) is 4.56. The normalized spacial score (nSPS) is 16.3. The molecule has 1 aliphatic heterocycles. The second kappa shape index (κ2) is 6.16. The second-order valence-electron chi connectivity index (χ2n) is 5.45. The van der Waals surface area contributed by atoms with E-state index in [0.717, 1.165) is 35.3 Å². The monoisotopic (exact) mass is 349 g/mol. The maximum absolute atomic E-state index is 13.4. The number of halogens is 2. The Labute approximate surface area is 132 Å². The quantitative estimate of drug-likeness (QED) is 0.883. The first-order valence-electron chi connectivity index (χ1n) is 7.03. The van der Waals surface area contributed by atoms with E-state index in [1.807, 2.05) is 30.3 Å². The van der Waals surface area contributed by atoms with Gasteiger partial charge in [0.05, 0.1) is 6.61 Å². The van der Waals surface area contributed by atoms with Crippen LogP contribution in [0.5, 0.6) is 5.75 Å². The minimum absolute atomic E-state index is 0.00252. The maximum Gasteiger partial charge on any atom is 0.123 e. The number of nitrogens with one attached hydrogen (secondary N) is 1. The third-order valence-electron chi connectivity index (χ3n) is 4.03. The lowest BCUT2D eigenvalue weighted by Gasteiger charge is -2.43. The van der Waals surface area contributed by atoms with Gasteiger partial charge in [-0.1, -0.05) is 28.1 Å². The number of benzene rings is 2. The Kier molecular flexibility index (Phi) is 4.27. The van der Waals surface area contributed by atoms with Crippen LogP contribution in [0.4, 0.5) is 4.39 Å². The van der Waals surface area contributed by atoms with Gasteiger partial charge in [-0.15, -0.1) is 0 Å². The highest BCUT2D eigenvalue weighted by Crippen LogP contribution is 2.32. The zero-order chi connectivity index (χ0) is 14.7. The number of ether oxygens (including phenoxy) is 1. The van der Waals surface area contributed by atoms with Crippen molar-refractivity contribution in [1.82, 2.24) is 5.32 Å². The van der Waals surface area contributed by atoms with Gasteiger partial charge in [-0.3, -0.25) is 0 Å². The van der Waals surface area contributed by atoms with Crippen LogP contribution in [0, 0.1) is 5.82 Å². The average Bonchev–Trinajstić information content (AvgIpc) is 2.44. The Morgan fingerprint density at radius 2 is 1.90 bits per heavy atom. The van der Waals surface area contributed by atoms with Gasteiger partial charge in [0.2, 0.25) is 0 Å². The first kappa shape index (κ1) is 14.5. The Morgan fingerprint density at radius 1 is 1.14 bits per heavy atom. The molecule has 0 saturated carbocycles. The van der Waals surface area contributed by atoms with E-state index >= 15 is 0 Å². The second-order valence-corrected chi connectivity index (χ2v) is 6.36. The molecule has 21 heavy (non-hydrogen) atoms. The van der Waals surface area contributed by atoms with Crippen LogP contribution in [0.15, 0.2) is 53.0 Å². The van der Waals surface area contributed by atoms with Crippen LogP contribution in [0.3, 0.4) is 0 Å². The highest BCUT2D eigenvalue weighted by atomic mass is 79.9. The summed E-state index contributed by atoms with van der Waals surface area (Å²) in [6.45, 7) is 2.38. The molecule has 0 amide bonds. The minimum Gasteiger partial charge on any atom is -0.494 e. The molecule has 1 heterocycles. The molecule has 110 valence electrons. The Morgan fingerprint density at radius 3 is 2.52 bits per heavy atom. The van der Waals surface area contributed by atoms with Gasteiger partial charge in [-0.2, -0.15) is 0 Å². The Balaban J connectivity index is 1.63. The summed E-state index contributed by atoms with van der Waals surface area (Å²) < 4.78 is 20.3. The molecule has 3 rings (SSSR count). The SMILES string of the molecule is Fc1cccc(C2(CCOc3ccc(Br)cc3)CNC2)c1. The molecule has 1 fully saturated rings. The standard InChI is InChI=1S/C17H17BrFNO/c18-14-4-6-16(7-5-14)21-9-8-17(11-20-12-17)13-2-1-3-15(19)10-13/h1-7,10,20H,8-9,11-12H2. The molecule has 2 aromatic carbocycles. The van der Waals surface area contributed by atoms with Crippen LogP contribution in [0.1, 0.15) is 12.0 Å². The molecule has 0 bridgehead atoms. The molecule has 0 atom stereocenters. The first-order chi connectivity index (χ1) is 10.2. The van der Waals surface area contributed by atoms with E-state index in [1.165, 1.54) is 6.07 Å². The van der Waals surface area contributed by atoms with Crippen molar-refractivity contribution in [2.75, 3.05) is 19.7 Å². The molecular formula is C17H17BrFNO. The fraction of sp³-hybridized carbons (Fsp3) is 0.294. The lowest BCUT2D eigenvalue weighted by atomic mass is 9.73. The van der Waals surface area contributed by atoms with Crippen LogP contribution in [0.2, 0.25) is 0 Å². The van der Waals surface area contributed by atoms with E-state index in [9.17, 15) is 4.39 Å². The topological polar surface area (TPSA) is 21.3 Å². The van der Waals surface area contributed by atoms with Crippen molar-refractivity contribution < 1.29 is 9.13 Å². The fourth-order valence-electron chi connectivity index (χ4n) is 2.67. The zero-order valence-corrected chi connectivity index (χ0v) is 13.2. The summed E-state index contributed by atoms with van der Waals surface area (Å²) in [6, 6.07) is 14.7. The fourth-order valence-corrected chi connectivity index (χ4v) is 2.93. The van der Waals surface area contributed by atoms with Gasteiger partial charge in [0.1, 0.15) is 11.6 Å². The van der Waals surface area contributed by atoms with Crippen LogP contribution in [-0.4, -0.2) is 19.7 Å². The van der Waals surface area contributed by atoms with Crippen molar-refractivity contribution in [2.45, 2.75) is 11.8 Å². The summed E-state index contributed by atoms with van der Waals surface area (Å²) in [6.07, 6.45) is 0.875. The molecule has 0 spiro atoms. The van der Waals surface area contributed by atoms with Crippen LogP contribution in [0.25, 0.3) is 0 Å². The molecule has 0 radical (unpaired) electrons. The summed E-state index contributed by atoms with van der Waals surface area (Å²) in [4.78, 5) is 0. The van der Waals surface area contributed by atoms with E-state index in [1.54, 1.807) is 12.1 Å². The third kappa shape index (κ3) is 3.27. The smallest absolute Gasteiger partial charge is 0.123 e. The van der Waals surface area contributed by atoms with Crippen molar-refractivity contribution in [3.63, 3.8) is 0 Å². The predicted octanol–water partition coefficient (Wildman–Crippen LogP) is 3.90. The summed E-state index contributed by atoms with van der Waals surface area (Å²) in [5, 5.41) is 3.29. The van der Waals surface area contributed by atoms with Crippen LogP contribution >= 0.6 is 15.9 Å². The van der Waals surface area contributed by atoms with Crippen molar-refractivity contribution in [3.05, 3.63) is 64.4 Å². The zero-order valence-electron chi connectivity index (χ0n) is 11.6. The lowest BCUT2D eigenvalue weighted by Crippen LogP contribution is -2.57. The molecule has 4 heteroatoms. The largest absolute Gasteiger partial charge is 0.494 e. The van der Waals surface area contributed by atoms with Gasteiger partial charge < -0.3 is 10.1 Å². The predicted molar refractivity (Wildman–Crippen MR) is 85.2 cm³/mol. The van der Waals surface area contributed by atoms with Gasteiger partial charge in [-0.25, -0.2) is 4.39 Å². The molecule has 1 aliphatic rings. The van der Waals surface area contributed by atoms with E-state index < -0.39 is 0 Å². The highest BCUT2D eigenvalue weighted by molar-refractivity contribution is 9.10. The van der Waals surface area contributed by atoms with Crippen molar-refractivity contribution >= 4 is 15.9 Å². The maximum atomic E-state index is 13.4. The molecule has 0 aliphatic carbocycles. The van der Waals surface area contributed by atoms with Crippen molar-refractivity contribution in [1.29, 1.82) is 0 Å². The molecule has 0 aromatic heterocycles. The summed E-state index contributed by atoms with van der Waals surface area (Å²) in [7, 11) is 0. The van der Waals surface area contributed by atoms with Crippen molar-refractivity contribution in [3.8, 4) is 5.75 Å². The van der Waals surface area contributed by atoms with Gasteiger partial charge in [0.25, 0.3) is 0 Å². The lowest BCUT2D eigenvalue weighted by molar-refractivity contribution is 0.199.